The van der Waals surface area contributed by atoms with E-state index in [9.17, 15) is 4.79 Å². The third kappa shape index (κ3) is 3.45. The summed E-state index contributed by atoms with van der Waals surface area (Å²) < 4.78 is 0. The number of amides is 1. The van der Waals surface area contributed by atoms with E-state index >= 15 is 0 Å². The zero-order valence-corrected chi connectivity index (χ0v) is 11.8. The molecular weight excluding hydrogens is 226 g/mol. The van der Waals surface area contributed by atoms with Crippen LogP contribution in [0.3, 0.4) is 0 Å². The second kappa shape index (κ2) is 6.53. The van der Waals surface area contributed by atoms with Gasteiger partial charge < -0.3 is 10.2 Å². The SMILES string of the molecule is CC(C)C1CCCN1CC(=O)N1CCCNCC1. The molecule has 2 aliphatic heterocycles. The molecule has 104 valence electrons. The zero-order chi connectivity index (χ0) is 13.0. The maximum absolute atomic E-state index is 12.3. The fourth-order valence-corrected chi connectivity index (χ4v) is 3.17. The zero-order valence-electron chi connectivity index (χ0n) is 11.8. The van der Waals surface area contributed by atoms with Crippen molar-refractivity contribution in [3.63, 3.8) is 0 Å². The minimum absolute atomic E-state index is 0.325. The topological polar surface area (TPSA) is 35.6 Å². The van der Waals surface area contributed by atoms with E-state index in [1.165, 1.54) is 12.8 Å². The molecule has 0 spiro atoms. The molecule has 2 heterocycles. The van der Waals surface area contributed by atoms with Crippen LogP contribution in [0.5, 0.6) is 0 Å². The number of nitrogens with zero attached hydrogens (tertiary/aromatic N) is 2. The van der Waals surface area contributed by atoms with Gasteiger partial charge in [0.25, 0.3) is 0 Å². The van der Waals surface area contributed by atoms with Crippen LogP contribution in [0.2, 0.25) is 0 Å². The van der Waals surface area contributed by atoms with Gasteiger partial charge in [0, 0.05) is 25.7 Å². The number of nitrogens with one attached hydrogen (secondary N) is 1. The van der Waals surface area contributed by atoms with E-state index in [4.69, 9.17) is 0 Å². The molecule has 1 atom stereocenters. The van der Waals surface area contributed by atoms with Gasteiger partial charge in [0.1, 0.15) is 0 Å². The molecule has 0 radical (unpaired) electrons. The molecule has 2 aliphatic rings. The Bertz CT molecular complexity index is 272. The smallest absolute Gasteiger partial charge is 0.236 e. The van der Waals surface area contributed by atoms with Crippen molar-refractivity contribution in [1.29, 1.82) is 0 Å². The van der Waals surface area contributed by atoms with Crippen molar-refractivity contribution in [3.05, 3.63) is 0 Å². The minimum Gasteiger partial charge on any atom is -0.340 e. The standard InChI is InChI=1S/C14H27N3O/c1-12(2)13-5-3-8-17(13)11-14(18)16-9-4-6-15-7-10-16/h12-13,15H,3-11H2,1-2H3. The molecule has 1 N–H and O–H groups in total. The van der Waals surface area contributed by atoms with Gasteiger partial charge in [0.05, 0.1) is 6.54 Å². The lowest BCUT2D eigenvalue weighted by molar-refractivity contribution is -0.132. The molecule has 1 unspecified atom stereocenters. The Kier molecular flexibility index (Phi) is 5.01. The summed E-state index contributed by atoms with van der Waals surface area (Å²) in [5.41, 5.74) is 0. The molecule has 2 saturated heterocycles. The van der Waals surface area contributed by atoms with E-state index in [0.717, 1.165) is 39.1 Å². The minimum atomic E-state index is 0.325. The van der Waals surface area contributed by atoms with E-state index in [2.05, 4.69) is 24.1 Å². The summed E-state index contributed by atoms with van der Waals surface area (Å²) in [7, 11) is 0. The van der Waals surface area contributed by atoms with Crippen LogP contribution in [0.25, 0.3) is 0 Å². The van der Waals surface area contributed by atoms with Crippen LogP contribution in [0.4, 0.5) is 0 Å². The van der Waals surface area contributed by atoms with Crippen LogP contribution in [-0.2, 0) is 4.79 Å². The molecule has 0 aromatic carbocycles. The summed E-state index contributed by atoms with van der Waals surface area (Å²) in [6.45, 7) is 10.0. The summed E-state index contributed by atoms with van der Waals surface area (Å²) in [4.78, 5) is 16.8. The Labute approximate surface area is 111 Å². The highest BCUT2D eigenvalue weighted by atomic mass is 16.2. The van der Waals surface area contributed by atoms with Gasteiger partial charge in [-0.15, -0.1) is 0 Å². The van der Waals surface area contributed by atoms with Crippen molar-refractivity contribution in [3.8, 4) is 0 Å². The van der Waals surface area contributed by atoms with Gasteiger partial charge in [0.2, 0.25) is 5.91 Å². The number of hydrogen-bond acceptors (Lipinski definition) is 3. The van der Waals surface area contributed by atoms with Gasteiger partial charge in [0.15, 0.2) is 0 Å². The van der Waals surface area contributed by atoms with Crippen LogP contribution in [0, 0.1) is 5.92 Å². The van der Waals surface area contributed by atoms with Crippen molar-refractivity contribution in [2.45, 2.75) is 39.2 Å². The van der Waals surface area contributed by atoms with Crippen molar-refractivity contribution in [2.24, 2.45) is 5.92 Å². The Morgan fingerprint density at radius 3 is 2.83 bits per heavy atom. The Morgan fingerprint density at radius 1 is 1.22 bits per heavy atom. The first kappa shape index (κ1) is 13.8. The predicted molar refractivity (Wildman–Crippen MR) is 73.5 cm³/mol. The van der Waals surface area contributed by atoms with Crippen molar-refractivity contribution >= 4 is 5.91 Å². The number of carbonyl (C=O) groups excluding carboxylic acids is 1. The highest BCUT2D eigenvalue weighted by Gasteiger charge is 2.29. The van der Waals surface area contributed by atoms with Gasteiger partial charge in [-0.3, -0.25) is 9.69 Å². The second-order valence-corrected chi connectivity index (χ2v) is 5.91. The molecule has 2 rings (SSSR count). The van der Waals surface area contributed by atoms with Crippen LogP contribution in [0.1, 0.15) is 33.1 Å². The number of likely N-dealkylation sites (tertiary alicyclic amines) is 1. The molecule has 0 aromatic rings. The number of carbonyl (C=O) groups is 1. The van der Waals surface area contributed by atoms with E-state index in [1.807, 2.05) is 4.90 Å². The molecule has 0 aliphatic carbocycles. The predicted octanol–water partition coefficient (Wildman–Crippen LogP) is 0.929. The van der Waals surface area contributed by atoms with E-state index in [-0.39, 0.29) is 0 Å². The average Bonchev–Trinajstić information content (AvgIpc) is 2.63. The monoisotopic (exact) mass is 253 g/mol. The summed E-state index contributed by atoms with van der Waals surface area (Å²) in [5, 5.41) is 3.35. The molecule has 4 heteroatoms. The molecule has 2 fully saturated rings. The first-order valence-corrected chi connectivity index (χ1v) is 7.41. The summed E-state index contributed by atoms with van der Waals surface area (Å²) in [6.07, 6.45) is 3.59. The fourth-order valence-electron chi connectivity index (χ4n) is 3.17. The highest BCUT2D eigenvalue weighted by molar-refractivity contribution is 5.78. The Hall–Kier alpha value is -0.610. The summed E-state index contributed by atoms with van der Waals surface area (Å²) in [6, 6.07) is 0.610. The third-order valence-electron chi connectivity index (χ3n) is 4.21. The van der Waals surface area contributed by atoms with Gasteiger partial charge >= 0.3 is 0 Å². The van der Waals surface area contributed by atoms with Crippen molar-refractivity contribution in [2.75, 3.05) is 39.3 Å². The highest BCUT2D eigenvalue weighted by Crippen LogP contribution is 2.23. The van der Waals surface area contributed by atoms with Gasteiger partial charge in [-0.2, -0.15) is 0 Å². The molecule has 0 bridgehead atoms. The lowest BCUT2D eigenvalue weighted by Crippen LogP contribution is -2.44. The van der Waals surface area contributed by atoms with Gasteiger partial charge in [-0.05, 0) is 38.3 Å². The first-order valence-electron chi connectivity index (χ1n) is 7.41. The summed E-state index contributed by atoms with van der Waals surface area (Å²) in [5.74, 6) is 0.984. The maximum atomic E-state index is 12.3. The summed E-state index contributed by atoms with van der Waals surface area (Å²) >= 11 is 0. The van der Waals surface area contributed by atoms with E-state index < -0.39 is 0 Å². The maximum Gasteiger partial charge on any atom is 0.236 e. The molecule has 0 saturated carbocycles. The lowest BCUT2D eigenvalue weighted by atomic mass is 10.0. The quantitative estimate of drug-likeness (QED) is 0.813. The molecule has 4 nitrogen and oxygen atoms in total. The number of rotatable bonds is 3. The lowest BCUT2D eigenvalue weighted by Gasteiger charge is -2.29. The fraction of sp³-hybridized carbons (Fsp3) is 0.929. The van der Waals surface area contributed by atoms with Crippen LogP contribution < -0.4 is 5.32 Å². The second-order valence-electron chi connectivity index (χ2n) is 5.91. The average molecular weight is 253 g/mol. The van der Waals surface area contributed by atoms with Gasteiger partial charge in [-0.25, -0.2) is 0 Å². The van der Waals surface area contributed by atoms with E-state index in [1.54, 1.807) is 0 Å². The number of hydrogen-bond donors (Lipinski definition) is 1. The van der Waals surface area contributed by atoms with E-state index in [0.29, 0.717) is 24.4 Å². The van der Waals surface area contributed by atoms with Crippen molar-refractivity contribution < 1.29 is 4.79 Å². The van der Waals surface area contributed by atoms with Gasteiger partial charge in [-0.1, -0.05) is 13.8 Å². The van der Waals surface area contributed by atoms with Crippen LogP contribution >= 0.6 is 0 Å². The largest absolute Gasteiger partial charge is 0.340 e. The molecule has 1 amide bonds. The first-order chi connectivity index (χ1) is 8.68. The Balaban J connectivity index is 1.85. The third-order valence-corrected chi connectivity index (χ3v) is 4.21. The molecule has 18 heavy (non-hydrogen) atoms. The molecular formula is C14H27N3O. The van der Waals surface area contributed by atoms with Crippen LogP contribution in [0.15, 0.2) is 0 Å². The normalized spacial score (nSPS) is 26.6. The molecule has 0 aromatic heterocycles. The van der Waals surface area contributed by atoms with Crippen molar-refractivity contribution in [1.82, 2.24) is 15.1 Å². The van der Waals surface area contributed by atoms with Crippen LogP contribution in [-0.4, -0.2) is 61.0 Å². The Morgan fingerprint density at radius 2 is 2.06 bits per heavy atom.